The van der Waals surface area contributed by atoms with E-state index in [0.29, 0.717) is 29.2 Å². The molecule has 17 heteroatoms. The monoisotopic (exact) mass is 819 g/mol. The van der Waals surface area contributed by atoms with Crippen molar-refractivity contribution in [2.45, 2.75) is 82.5 Å². The number of alkyl halides is 3. The normalized spacial score (nSPS) is 20.1. The first-order valence-electron chi connectivity index (χ1n) is 19.3. The summed E-state index contributed by atoms with van der Waals surface area (Å²) in [6.45, 7) is 5.41. The van der Waals surface area contributed by atoms with Gasteiger partial charge < -0.3 is 20.6 Å². The molecule has 1 saturated heterocycles. The average molecular weight is 820 g/mol. The van der Waals surface area contributed by atoms with Gasteiger partial charge in [-0.15, -0.1) is 11.3 Å². The lowest BCUT2D eigenvalue weighted by Crippen LogP contribution is -2.54. The van der Waals surface area contributed by atoms with Crippen molar-refractivity contribution in [3.8, 4) is 0 Å². The van der Waals surface area contributed by atoms with Crippen LogP contribution < -0.4 is 16.0 Å². The van der Waals surface area contributed by atoms with Crippen LogP contribution in [-0.2, 0) is 21.4 Å². The first-order valence-corrected chi connectivity index (χ1v) is 20.1. The molecule has 58 heavy (non-hydrogen) atoms. The number of piperidine rings is 1. The Bertz CT molecular complexity index is 2280. The van der Waals surface area contributed by atoms with Gasteiger partial charge in [0.2, 0.25) is 11.8 Å². The maximum absolute atomic E-state index is 13.4. The number of hydrogen-bond acceptors (Lipinski definition) is 11. The number of halogens is 3. The Kier molecular flexibility index (Phi) is 11.4. The van der Waals surface area contributed by atoms with E-state index in [1.54, 1.807) is 44.2 Å². The Morgan fingerprint density at radius 1 is 0.983 bits per heavy atom. The summed E-state index contributed by atoms with van der Waals surface area (Å²) in [6.07, 6.45) is 0.163. The fraction of sp³-hybridized carbons (Fsp3) is 0.439. The molecule has 0 radical (unpaired) electrons. The summed E-state index contributed by atoms with van der Waals surface area (Å²) < 4.78 is 40.5. The number of rotatable bonds is 12. The zero-order valence-corrected chi connectivity index (χ0v) is 33.1. The quantitative estimate of drug-likeness (QED) is 0.0939. The standard InChI is InChI=1S/C41H44F3N7O6S/c1-40(2,57)25-19-29-31(20-28(25)47-35(53)27-9-5-10-32(46-27)41(42,43)44)58-37(48-29)23-13-11-22(12-14-23)21-50(3)18-6-17-45-26-8-4-7-24-34(26)39(56)51(38(24)55)30-15-16-33(52)49-36(30)54/h4-5,7-10,19-20,22-23,30,45,57H,6,11-18,21H2,1-3H3,(H,47,53)(H,49,52,54). The first-order chi connectivity index (χ1) is 27.5. The number of thiazole rings is 1. The molecule has 306 valence electrons. The number of benzene rings is 2. The number of carbonyl (C=O) groups is 5. The molecule has 2 fully saturated rings. The summed E-state index contributed by atoms with van der Waals surface area (Å²) in [6, 6.07) is 10.6. The van der Waals surface area contributed by atoms with Crippen LogP contribution in [0.2, 0.25) is 0 Å². The number of carbonyl (C=O) groups excluding carboxylic acids is 5. The number of nitrogens with zero attached hydrogens (tertiary/aromatic N) is 4. The lowest BCUT2D eigenvalue weighted by molar-refractivity contribution is -0.141. The molecule has 4 heterocycles. The smallest absolute Gasteiger partial charge is 0.386 e. The summed E-state index contributed by atoms with van der Waals surface area (Å²) in [5.41, 5.74) is -0.613. The third-order valence-electron chi connectivity index (χ3n) is 11.0. The van der Waals surface area contributed by atoms with E-state index >= 15 is 0 Å². The minimum Gasteiger partial charge on any atom is -0.386 e. The topological polar surface area (TPSA) is 174 Å². The summed E-state index contributed by atoms with van der Waals surface area (Å²) >= 11 is 1.51. The Morgan fingerprint density at radius 2 is 1.72 bits per heavy atom. The predicted octanol–water partition coefficient (Wildman–Crippen LogP) is 6.30. The van der Waals surface area contributed by atoms with Gasteiger partial charge in [0.1, 0.15) is 17.4 Å². The van der Waals surface area contributed by atoms with E-state index in [1.165, 1.54) is 17.4 Å². The van der Waals surface area contributed by atoms with Crippen LogP contribution in [0.3, 0.4) is 0 Å². The molecule has 1 aliphatic carbocycles. The van der Waals surface area contributed by atoms with E-state index in [0.717, 1.165) is 71.9 Å². The summed E-state index contributed by atoms with van der Waals surface area (Å²) in [7, 11) is 2.08. The van der Waals surface area contributed by atoms with Crippen molar-refractivity contribution in [3.05, 3.63) is 81.6 Å². The molecule has 3 aliphatic rings. The highest BCUT2D eigenvalue weighted by atomic mass is 32.1. The Balaban J connectivity index is 0.912. The molecule has 2 aromatic carbocycles. The van der Waals surface area contributed by atoms with Crippen molar-refractivity contribution < 1.29 is 42.3 Å². The number of anilines is 2. The van der Waals surface area contributed by atoms with Gasteiger partial charge in [-0.2, -0.15) is 13.2 Å². The minimum atomic E-state index is -4.70. The van der Waals surface area contributed by atoms with E-state index in [-0.39, 0.29) is 35.6 Å². The second kappa shape index (κ2) is 16.2. The number of nitrogens with one attached hydrogen (secondary N) is 3. The number of aliphatic hydroxyl groups is 1. The van der Waals surface area contributed by atoms with Crippen molar-refractivity contribution in [2.75, 3.05) is 37.3 Å². The number of aromatic nitrogens is 2. The van der Waals surface area contributed by atoms with Crippen LogP contribution in [-0.4, -0.2) is 87.1 Å². The second-order valence-corrected chi connectivity index (χ2v) is 16.8. The van der Waals surface area contributed by atoms with Gasteiger partial charge in [-0.3, -0.25) is 34.2 Å². The highest BCUT2D eigenvalue weighted by Gasteiger charge is 2.45. The molecule has 0 bridgehead atoms. The minimum absolute atomic E-state index is 0.0579. The number of pyridine rings is 1. The molecule has 2 aromatic heterocycles. The molecule has 1 saturated carbocycles. The third kappa shape index (κ3) is 8.61. The second-order valence-electron chi connectivity index (χ2n) is 15.8. The van der Waals surface area contributed by atoms with Crippen molar-refractivity contribution in [2.24, 2.45) is 5.92 Å². The number of fused-ring (bicyclic) bond motifs is 2. The van der Waals surface area contributed by atoms with E-state index in [2.05, 4.69) is 32.9 Å². The maximum Gasteiger partial charge on any atom is 0.433 e. The van der Waals surface area contributed by atoms with Gasteiger partial charge in [0.25, 0.3) is 17.7 Å². The predicted molar refractivity (Wildman–Crippen MR) is 210 cm³/mol. The average Bonchev–Trinajstić information content (AvgIpc) is 3.70. The van der Waals surface area contributed by atoms with Gasteiger partial charge in [0.15, 0.2) is 0 Å². The molecule has 4 N–H and O–H groups in total. The van der Waals surface area contributed by atoms with Gasteiger partial charge in [0, 0.05) is 42.4 Å². The molecule has 4 aromatic rings. The molecule has 5 amide bonds. The van der Waals surface area contributed by atoms with Crippen molar-refractivity contribution in [3.63, 3.8) is 0 Å². The van der Waals surface area contributed by atoms with E-state index < -0.39 is 58.7 Å². The van der Waals surface area contributed by atoms with Crippen LogP contribution in [0.1, 0.15) is 112 Å². The highest BCUT2D eigenvalue weighted by Crippen LogP contribution is 2.42. The Morgan fingerprint density at radius 3 is 2.43 bits per heavy atom. The van der Waals surface area contributed by atoms with Crippen LogP contribution in [0, 0.1) is 5.92 Å². The number of amides is 5. The van der Waals surface area contributed by atoms with Gasteiger partial charge in [0.05, 0.1) is 32.0 Å². The van der Waals surface area contributed by atoms with E-state index in [4.69, 9.17) is 4.98 Å². The fourth-order valence-corrected chi connectivity index (χ4v) is 9.20. The SMILES string of the molecule is CN(CCCNc1cccc2c1C(=O)N(C1CCC(=O)NC1=O)C2=O)CC1CCC(c2nc3cc(C(C)(C)O)c(NC(=O)c4cccc(C(F)(F)F)n4)cc3s2)CC1. The Hall–Kier alpha value is -5.26. The van der Waals surface area contributed by atoms with Crippen LogP contribution in [0.25, 0.3) is 10.2 Å². The van der Waals surface area contributed by atoms with Crippen molar-refractivity contribution >= 4 is 62.5 Å². The van der Waals surface area contributed by atoms with Crippen molar-refractivity contribution in [1.29, 1.82) is 0 Å². The van der Waals surface area contributed by atoms with Crippen LogP contribution in [0.5, 0.6) is 0 Å². The number of hydrogen-bond donors (Lipinski definition) is 4. The van der Waals surface area contributed by atoms with Gasteiger partial charge in [-0.25, -0.2) is 9.97 Å². The third-order valence-corrected chi connectivity index (χ3v) is 12.2. The van der Waals surface area contributed by atoms with Gasteiger partial charge in [-0.05, 0) is 108 Å². The molecule has 0 spiro atoms. The lowest BCUT2D eigenvalue weighted by Gasteiger charge is -2.30. The van der Waals surface area contributed by atoms with E-state index in [1.807, 2.05) is 0 Å². The van der Waals surface area contributed by atoms with Crippen LogP contribution in [0.4, 0.5) is 24.5 Å². The largest absolute Gasteiger partial charge is 0.433 e. The summed E-state index contributed by atoms with van der Waals surface area (Å²) in [5.74, 6) is -2.23. The fourth-order valence-electron chi connectivity index (χ4n) is 8.04. The maximum atomic E-state index is 13.4. The summed E-state index contributed by atoms with van der Waals surface area (Å²) in [5, 5.41) is 20.1. The van der Waals surface area contributed by atoms with E-state index in [9.17, 15) is 42.3 Å². The van der Waals surface area contributed by atoms with Crippen LogP contribution in [0.15, 0.2) is 48.5 Å². The molecular formula is C41H44F3N7O6S. The lowest BCUT2D eigenvalue weighted by atomic mass is 9.82. The molecule has 13 nitrogen and oxygen atoms in total. The van der Waals surface area contributed by atoms with Crippen LogP contribution >= 0.6 is 11.3 Å². The molecule has 2 aliphatic heterocycles. The zero-order chi connectivity index (χ0) is 41.5. The van der Waals surface area contributed by atoms with Gasteiger partial charge >= 0.3 is 6.18 Å². The molecule has 1 unspecified atom stereocenters. The number of imide groups is 2. The zero-order valence-electron chi connectivity index (χ0n) is 32.2. The summed E-state index contributed by atoms with van der Waals surface area (Å²) in [4.78, 5) is 75.3. The first kappa shape index (κ1) is 40.9. The molecule has 7 rings (SSSR count). The molecule has 1 atom stereocenters. The molecular weight excluding hydrogens is 776 g/mol. The van der Waals surface area contributed by atoms with Gasteiger partial charge in [-0.1, -0.05) is 12.1 Å². The highest BCUT2D eigenvalue weighted by molar-refractivity contribution is 7.18. The van der Waals surface area contributed by atoms with Crippen molar-refractivity contribution in [1.82, 2.24) is 25.1 Å². The Labute approximate surface area is 336 Å².